The van der Waals surface area contributed by atoms with Crippen LogP contribution in [0.2, 0.25) is 0 Å². The van der Waals surface area contributed by atoms with Gasteiger partial charge in [0.25, 0.3) is 5.91 Å². The Kier molecular flexibility index (Phi) is 5.83. The number of hydrogen-bond donors (Lipinski definition) is 2. The number of nitrogens with one attached hydrogen (secondary N) is 2. The van der Waals surface area contributed by atoms with Gasteiger partial charge in [0.2, 0.25) is 0 Å². The number of amides is 1. The highest BCUT2D eigenvalue weighted by Crippen LogP contribution is 2.18. The molecular weight excluding hydrogens is 298 g/mol. The van der Waals surface area contributed by atoms with E-state index in [-0.39, 0.29) is 5.91 Å². The first kappa shape index (κ1) is 16.5. The minimum absolute atomic E-state index is 0.0578. The van der Waals surface area contributed by atoms with Crippen molar-refractivity contribution in [3.05, 3.63) is 59.9 Å². The molecule has 4 heteroatoms. The number of carbonyl (C=O) groups is 1. The third kappa shape index (κ3) is 4.82. The second-order valence-electron chi connectivity index (χ2n) is 6.40. The monoisotopic (exact) mass is 323 g/mol. The molecule has 1 aliphatic carbocycles. The summed E-state index contributed by atoms with van der Waals surface area (Å²) in [7, 11) is 0. The Balaban J connectivity index is 1.41. The minimum Gasteiger partial charge on any atom is -0.384 e. The molecular formula is C20H25N3O. The zero-order chi connectivity index (χ0) is 16.6. The standard InChI is InChI=1S/C20H25N3O/c24-20(23-17-10-4-5-11-17)19-13-12-18(15-22-19)21-14-6-9-16-7-2-1-3-8-16/h1-3,7-8,12-13,15,17,21H,4-6,9-11,14H2,(H,23,24). The van der Waals surface area contributed by atoms with Gasteiger partial charge in [-0.1, -0.05) is 43.2 Å². The zero-order valence-corrected chi connectivity index (χ0v) is 14.0. The molecule has 2 aromatic rings. The van der Waals surface area contributed by atoms with Crippen LogP contribution in [0.1, 0.15) is 48.2 Å². The molecule has 24 heavy (non-hydrogen) atoms. The molecule has 0 spiro atoms. The number of hydrogen-bond acceptors (Lipinski definition) is 3. The van der Waals surface area contributed by atoms with Crippen molar-refractivity contribution in [2.45, 2.75) is 44.6 Å². The van der Waals surface area contributed by atoms with Gasteiger partial charge in [-0.3, -0.25) is 4.79 Å². The van der Waals surface area contributed by atoms with Crippen molar-refractivity contribution < 1.29 is 4.79 Å². The van der Waals surface area contributed by atoms with E-state index in [9.17, 15) is 4.79 Å². The van der Waals surface area contributed by atoms with E-state index in [2.05, 4.69) is 39.9 Å². The zero-order valence-electron chi connectivity index (χ0n) is 14.0. The molecule has 1 aliphatic rings. The van der Waals surface area contributed by atoms with E-state index < -0.39 is 0 Å². The van der Waals surface area contributed by atoms with E-state index in [1.165, 1.54) is 18.4 Å². The van der Waals surface area contributed by atoms with Gasteiger partial charge in [0, 0.05) is 12.6 Å². The molecule has 1 fully saturated rings. The van der Waals surface area contributed by atoms with Crippen LogP contribution >= 0.6 is 0 Å². The summed E-state index contributed by atoms with van der Waals surface area (Å²) < 4.78 is 0. The average Bonchev–Trinajstić information content (AvgIpc) is 3.13. The fraction of sp³-hybridized carbons (Fsp3) is 0.400. The number of carbonyl (C=O) groups excluding carboxylic acids is 1. The van der Waals surface area contributed by atoms with Crippen LogP contribution < -0.4 is 10.6 Å². The Morgan fingerprint density at radius 2 is 1.88 bits per heavy atom. The van der Waals surface area contributed by atoms with Crippen molar-refractivity contribution in [1.29, 1.82) is 0 Å². The summed E-state index contributed by atoms with van der Waals surface area (Å²) in [5, 5.41) is 6.42. The lowest BCUT2D eigenvalue weighted by atomic mass is 10.1. The van der Waals surface area contributed by atoms with E-state index in [0.717, 1.165) is 37.9 Å². The Bertz CT molecular complexity index is 634. The van der Waals surface area contributed by atoms with Crippen LogP contribution in [0.3, 0.4) is 0 Å². The lowest BCUT2D eigenvalue weighted by molar-refractivity contribution is 0.0933. The highest BCUT2D eigenvalue weighted by atomic mass is 16.1. The predicted octanol–water partition coefficient (Wildman–Crippen LogP) is 3.80. The molecule has 1 aromatic heterocycles. The van der Waals surface area contributed by atoms with E-state index >= 15 is 0 Å². The molecule has 0 atom stereocenters. The molecule has 1 aromatic carbocycles. The van der Waals surface area contributed by atoms with Gasteiger partial charge in [0.1, 0.15) is 5.69 Å². The fourth-order valence-electron chi connectivity index (χ4n) is 3.13. The maximum Gasteiger partial charge on any atom is 0.270 e. The lowest BCUT2D eigenvalue weighted by Crippen LogP contribution is -2.33. The van der Waals surface area contributed by atoms with Crippen LogP contribution in [-0.2, 0) is 6.42 Å². The minimum atomic E-state index is -0.0578. The third-order valence-electron chi connectivity index (χ3n) is 4.50. The van der Waals surface area contributed by atoms with Crippen molar-refractivity contribution in [1.82, 2.24) is 10.3 Å². The van der Waals surface area contributed by atoms with Crippen molar-refractivity contribution in [2.24, 2.45) is 0 Å². The van der Waals surface area contributed by atoms with E-state index in [1.54, 1.807) is 12.3 Å². The number of rotatable bonds is 7. The Hall–Kier alpha value is -2.36. The van der Waals surface area contributed by atoms with Gasteiger partial charge in [-0.2, -0.15) is 0 Å². The van der Waals surface area contributed by atoms with Gasteiger partial charge in [-0.25, -0.2) is 4.98 Å². The molecule has 4 nitrogen and oxygen atoms in total. The van der Waals surface area contributed by atoms with Crippen molar-refractivity contribution in [3.8, 4) is 0 Å². The van der Waals surface area contributed by atoms with E-state index in [4.69, 9.17) is 0 Å². The van der Waals surface area contributed by atoms with Crippen LogP contribution in [0.5, 0.6) is 0 Å². The summed E-state index contributed by atoms with van der Waals surface area (Å²) in [6.45, 7) is 0.893. The summed E-state index contributed by atoms with van der Waals surface area (Å²) in [5.74, 6) is -0.0578. The second kappa shape index (κ2) is 8.48. The molecule has 0 unspecified atom stereocenters. The van der Waals surface area contributed by atoms with Gasteiger partial charge >= 0.3 is 0 Å². The molecule has 1 amide bonds. The Morgan fingerprint density at radius 1 is 1.08 bits per heavy atom. The first-order valence-electron chi connectivity index (χ1n) is 8.86. The van der Waals surface area contributed by atoms with Gasteiger partial charge in [-0.15, -0.1) is 0 Å². The number of aromatic nitrogens is 1. The summed E-state index contributed by atoms with van der Waals surface area (Å²) in [6, 6.07) is 14.5. The van der Waals surface area contributed by atoms with Gasteiger partial charge in [-0.05, 0) is 43.4 Å². The smallest absolute Gasteiger partial charge is 0.270 e. The molecule has 2 N–H and O–H groups in total. The molecule has 1 heterocycles. The quantitative estimate of drug-likeness (QED) is 0.762. The summed E-state index contributed by atoms with van der Waals surface area (Å²) >= 11 is 0. The van der Waals surface area contributed by atoms with Gasteiger partial charge < -0.3 is 10.6 Å². The number of benzene rings is 1. The number of pyridine rings is 1. The van der Waals surface area contributed by atoms with Crippen molar-refractivity contribution >= 4 is 11.6 Å². The normalized spacial score (nSPS) is 14.5. The maximum atomic E-state index is 12.1. The van der Waals surface area contributed by atoms with Crippen LogP contribution in [0, 0.1) is 0 Å². The number of anilines is 1. The topological polar surface area (TPSA) is 54.0 Å². The van der Waals surface area contributed by atoms with E-state index in [0.29, 0.717) is 11.7 Å². The molecule has 0 radical (unpaired) electrons. The Morgan fingerprint density at radius 3 is 2.58 bits per heavy atom. The van der Waals surface area contributed by atoms with Crippen molar-refractivity contribution in [2.75, 3.05) is 11.9 Å². The highest BCUT2D eigenvalue weighted by Gasteiger charge is 2.18. The van der Waals surface area contributed by atoms with Crippen LogP contribution in [0.4, 0.5) is 5.69 Å². The molecule has 0 saturated heterocycles. The molecule has 0 bridgehead atoms. The van der Waals surface area contributed by atoms with Crippen LogP contribution in [-0.4, -0.2) is 23.5 Å². The molecule has 1 saturated carbocycles. The first-order valence-corrected chi connectivity index (χ1v) is 8.86. The predicted molar refractivity (Wildman–Crippen MR) is 97.2 cm³/mol. The van der Waals surface area contributed by atoms with Crippen LogP contribution in [0.15, 0.2) is 48.7 Å². The maximum absolute atomic E-state index is 12.1. The first-order chi connectivity index (χ1) is 11.8. The fourth-order valence-corrected chi connectivity index (χ4v) is 3.13. The summed E-state index contributed by atoms with van der Waals surface area (Å²) in [6.07, 6.45) is 8.47. The summed E-state index contributed by atoms with van der Waals surface area (Å²) in [4.78, 5) is 16.4. The average molecular weight is 323 g/mol. The Labute approximate surface area is 143 Å². The number of nitrogens with zero attached hydrogens (tertiary/aromatic N) is 1. The molecule has 0 aliphatic heterocycles. The lowest BCUT2D eigenvalue weighted by Gasteiger charge is -2.11. The number of aryl methyl sites for hydroxylation is 1. The highest BCUT2D eigenvalue weighted by molar-refractivity contribution is 5.92. The van der Waals surface area contributed by atoms with Gasteiger partial charge in [0.15, 0.2) is 0 Å². The van der Waals surface area contributed by atoms with Crippen molar-refractivity contribution in [3.63, 3.8) is 0 Å². The second-order valence-corrected chi connectivity index (χ2v) is 6.40. The van der Waals surface area contributed by atoms with E-state index in [1.807, 2.05) is 12.1 Å². The summed E-state index contributed by atoms with van der Waals surface area (Å²) in [5.41, 5.74) is 2.81. The SMILES string of the molecule is O=C(NC1CCCC1)c1ccc(NCCCc2ccccc2)cn1. The molecule has 126 valence electrons. The molecule has 3 rings (SSSR count). The third-order valence-corrected chi connectivity index (χ3v) is 4.50. The largest absolute Gasteiger partial charge is 0.384 e. The van der Waals surface area contributed by atoms with Gasteiger partial charge in [0.05, 0.1) is 11.9 Å². The van der Waals surface area contributed by atoms with Crippen LogP contribution in [0.25, 0.3) is 0 Å².